The molecule has 0 amide bonds. The van der Waals surface area contributed by atoms with Gasteiger partial charge in [-0.05, 0) is 65.2 Å². The third-order valence-electron chi connectivity index (χ3n) is 5.61. The Morgan fingerprint density at radius 3 is 2.09 bits per heavy atom. The highest BCUT2D eigenvalue weighted by Crippen LogP contribution is 2.26. The predicted octanol–water partition coefficient (Wildman–Crippen LogP) is 5.99. The summed E-state index contributed by atoms with van der Waals surface area (Å²) >= 11 is 0. The molecular formula is C28H26N2O2. The molecule has 4 heteroatoms. The number of nitrogens with two attached hydrogens (primary N) is 1. The Morgan fingerprint density at radius 2 is 1.38 bits per heavy atom. The SMILES string of the molecule is Nc1cccc(-c2ccc(OC3CN(Cc4ccc(Oc5ccccc5)cc4)C3)cc2)c1. The van der Waals surface area contributed by atoms with Crippen LogP contribution in [0.4, 0.5) is 5.69 Å². The molecule has 0 bridgehead atoms. The van der Waals surface area contributed by atoms with Gasteiger partial charge in [0, 0.05) is 25.3 Å². The van der Waals surface area contributed by atoms with Crippen molar-refractivity contribution < 1.29 is 9.47 Å². The first-order chi connectivity index (χ1) is 15.7. The second-order valence-electron chi connectivity index (χ2n) is 8.14. The number of hydrogen-bond acceptors (Lipinski definition) is 4. The molecule has 1 aliphatic heterocycles. The van der Waals surface area contributed by atoms with Gasteiger partial charge in [0.05, 0.1) is 0 Å². The number of nitrogens with zero attached hydrogens (tertiary/aromatic N) is 1. The Bertz CT molecular complexity index is 1150. The Labute approximate surface area is 188 Å². The average Bonchev–Trinajstić information content (AvgIpc) is 2.80. The van der Waals surface area contributed by atoms with Crippen LogP contribution in [0.3, 0.4) is 0 Å². The molecule has 1 heterocycles. The minimum Gasteiger partial charge on any atom is -0.488 e. The molecule has 0 spiro atoms. The zero-order valence-corrected chi connectivity index (χ0v) is 17.9. The zero-order chi connectivity index (χ0) is 21.8. The Hall–Kier alpha value is -3.76. The van der Waals surface area contributed by atoms with Crippen molar-refractivity contribution in [1.82, 2.24) is 4.90 Å². The van der Waals surface area contributed by atoms with Crippen molar-refractivity contribution in [3.63, 3.8) is 0 Å². The molecule has 0 atom stereocenters. The molecule has 160 valence electrons. The minimum absolute atomic E-state index is 0.230. The molecule has 0 aromatic heterocycles. The first-order valence-electron chi connectivity index (χ1n) is 10.9. The van der Waals surface area contributed by atoms with Crippen LogP contribution >= 0.6 is 0 Å². The summed E-state index contributed by atoms with van der Waals surface area (Å²) in [5, 5.41) is 0. The van der Waals surface area contributed by atoms with Crippen molar-refractivity contribution in [3.05, 3.63) is 109 Å². The average molecular weight is 423 g/mol. The molecule has 1 aliphatic rings. The van der Waals surface area contributed by atoms with Gasteiger partial charge in [0.1, 0.15) is 23.4 Å². The lowest BCUT2D eigenvalue weighted by Crippen LogP contribution is -2.53. The van der Waals surface area contributed by atoms with E-state index in [9.17, 15) is 0 Å². The van der Waals surface area contributed by atoms with Crippen LogP contribution in [-0.2, 0) is 6.54 Å². The molecule has 0 saturated carbocycles. The van der Waals surface area contributed by atoms with Crippen molar-refractivity contribution in [3.8, 4) is 28.4 Å². The fraction of sp³-hybridized carbons (Fsp3) is 0.143. The smallest absolute Gasteiger partial charge is 0.127 e. The van der Waals surface area contributed by atoms with E-state index in [1.54, 1.807) is 0 Å². The van der Waals surface area contributed by atoms with E-state index in [1.165, 1.54) is 5.56 Å². The van der Waals surface area contributed by atoms with Gasteiger partial charge < -0.3 is 15.2 Å². The fourth-order valence-electron chi connectivity index (χ4n) is 3.91. The number of anilines is 1. The normalized spacial score (nSPS) is 14.0. The molecule has 4 aromatic carbocycles. The van der Waals surface area contributed by atoms with Gasteiger partial charge in [-0.1, -0.05) is 54.6 Å². The van der Waals surface area contributed by atoms with Crippen LogP contribution < -0.4 is 15.2 Å². The molecule has 5 rings (SSSR count). The van der Waals surface area contributed by atoms with E-state index in [2.05, 4.69) is 35.2 Å². The van der Waals surface area contributed by atoms with Crippen LogP contribution in [-0.4, -0.2) is 24.1 Å². The Kier molecular flexibility index (Phi) is 5.77. The molecule has 0 aliphatic carbocycles. The lowest BCUT2D eigenvalue weighted by atomic mass is 10.0. The summed E-state index contributed by atoms with van der Waals surface area (Å²) < 4.78 is 12.0. The highest BCUT2D eigenvalue weighted by atomic mass is 16.5. The van der Waals surface area contributed by atoms with Crippen molar-refractivity contribution in [2.75, 3.05) is 18.8 Å². The van der Waals surface area contributed by atoms with Crippen LogP contribution in [0.15, 0.2) is 103 Å². The number of benzene rings is 4. The fourth-order valence-corrected chi connectivity index (χ4v) is 3.91. The van der Waals surface area contributed by atoms with Gasteiger partial charge in [-0.15, -0.1) is 0 Å². The summed E-state index contributed by atoms with van der Waals surface area (Å²) in [5.41, 5.74) is 10.2. The van der Waals surface area contributed by atoms with Gasteiger partial charge in [0.15, 0.2) is 0 Å². The second kappa shape index (κ2) is 9.16. The van der Waals surface area contributed by atoms with Gasteiger partial charge in [0.25, 0.3) is 0 Å². The molecular weight excluding hydrogens is 396 g/mol. The second-order valence-corrected chi connectivity index (χ2v) is 8.14. The minimum atomic E-state index is 0.230. The van der Waals surface area contributed by atoms with Crippen LogP contribution in [0.25, 0.3) is 11.1 Å². The molecule has 2 N–H and O–H groups in total. The third-order valence-corrected chi connectivity index (χ3v) is 5.61. The molecule has 0 radical (unpaired) electrons. The highest BCUT2D eigenvalue weighted by Gasteiger charge is 2.28. The van der Waals surface area contributed by atoms with Crippen molar-refractivity contribution in [2.24, 2.45) is 0 Å². The Balaban J connectivity index is 1.09. The van der Waals surface area contributed by atoms with E-state index < -0.39 is 0 Å². The Morgan fingerprint density at radius 1 is 0.688 bits per heavy atom. The van der Waals surface area contributed by atoms with Crippen LogP contribution in [0, 0.1) is 0 Å². The van der Waals surface area contributed by atoms with Gasteiger partial charge in [-0.3, -0.25) is 4.90 Å². The monoisotopic (exact) mass is 422 g/mol. The van der Waals surface area contributed by atoms with Gasteiger partial charge in [-0.25, -0.2) is 0 Å². The zero-order valence-electron chi connectivity index (χ0n) is 17.9. The van der Waals surface area contributed by atoms with Crippen molar-refractivity contribution in [1.29, 1.82) is 0 Å². The maximum Gasteiger partial charge on any atom is 0.127 e. The largest absolute Gasteiger partial charge is 0.488 e. The van der Waals surface area contributed by atoms with Gasteiger partial charge >= 0.3 is 0 Å². The van der Waals surface area contributed by atoms with Gasteiger partial charge in [-0.2, -0.15) is 0 Å². The number of ether oxygens (including phenoxy) is 2. The summed E-state index contributed by atoms with van der Waals surface area (Å²) in [5.74, 6) is 2.61. The lowest BCUT2D eigenvalue weighted by molar-refractivity contribution is 0.0146. The summed E-state index contributed by atoms with van der Waals surface area (Å²) in [7, 11) is 0. The molecule has 32 heavy (non-hydrogen) atoms. The molecule has 4 aromatic rings. The number of nitrogen functional groups attached to an aromatic ring is 1. The summed E-state index contributed by atoms with van der Waals surface area (Å²) in [6, 6.07) is 34.3. The molecule has 1 saturated heterocycles. The molecule has 0 unspecified atom stereocenters. The van der Waals surface area contributed by atoms with Gasteiger partial charge in [0.2, 0.25) is 0 Å². The van der Waals surface area contributed by atoms with E-state index in [0.717, 1.165) is 53.7 Å². The maximum atomic E-state index is 6.13. The van der Waals surface area contributed by atoms with E-state index >= 15 is 0 Å². The summed E-state index contributed by atoms with van der Waals surface area (Å²) in [6.45, 7) is 2.78. The lowest BCUT2D eigenvalue weighted by Gasteiger charge is -2.39. The van der Waals surface area contributed by atoms with Crippen LogP contribution in [0.2, 0.25) is 0 Å². The number of hydrogen-bond donors (Lipinski definition) is 1. The number of rotatable bonds is 7. The van der Waals surface area contributed by atoms with E-state index in [-0.39, 0.29) is 6.10 Å². The summed E-state index contributed by atoms with van der Waals surface area (Å²) in [6.07, 6.45) is 0.230. The number of likely N-dealkylation sites (tertiary alicyclic amines) is 1. The predicted molar refractivity (Wildman–Crippen MR) is 129 cm³/mol. The van der Waals surface area contributed by atoms with E-state index in [0.29, 0.717) is 0 Å². The molecule has 4 nitrogen and oxygen atoms in total. The summed E-state index contributed by atoms with van der Waals surface area (Å²) in [4.78, 5) is 2.39. The first kappa shape index (κ1) is 20.2. The maximum absolute atomic E-state index is 6.13. The first-order valence-corrected chi connectivity index (χ1v) is 10.9. The van der Waals surface area contributed by atoms with Crippen molar-refractivity contribution in [2.45, 2.75) is 12.6 Å². The highest BCUT2D eigenvalue weighted by molar-refractivity contribution is 5.67. The van der Waals surface area contributed by atoms with Crippen LogP contribution in [0.5, 0.6) is 17.2 Å². The standard InChI is InChI=1S/C28H26N2O2/c29-24-6-4-5-23(17-24)22-11-15-27(16-12-22)32-28-19-30(20-28)18-21-9-13-26(14-10-21)31-25-7-2-1-3-8-25/h1-17,28H,18-20,29H2. The number of para-hydroxylation sites is 1. The topological polar surface area (TPSA) is 47.7 Å². The van der Waals surface area contributed by atoms with E-state index in [1.807, 2.05) is 72.8 Å². The molecule has 1 fully saturated rings. The third kappa shape index (κ3) is 4.93. The van der Waals surface area contributed by atoms with Crippen molar-refractivity contribution >= 4 is 5.69 Å². The van der Waals surface area contributed by atoms with E-state index in [4.69, 9.17) is 15.2 Å². The van der Waals surface area contributed by atoms with Crippen LogP contribution in [0.1, 0.15) is 5.56 Å². The quantitative estimate of drug-likeness (QED) is 0.372.